The monoisotopic (exact) mass is 887 g/mol. The minimum atomic E-state index is -0.382. The van der Waals surface area contributed by atoms with Crippen molar-refractivity contribution in [3.63, 3.8) is 0 Å². The van der Waals surface area contributed by atoms with Crippen LogP contribution in [0.25, 0.3) is 17.3 Å². The van der Waals surface area contributed by atoms with Gasteiger partial charge in [0.25, 0.3) is 17.7 Å². The van der Waals surface area contributed by atoms with Gasteiger partial charge >= 0.3 is 17.1 Å². The number of nitrogens with zero attached hydrogens (tertiary/aromatic N) is 6. The molecule has 12 nitrogen and oxygen atoms in total. The van der Waals surface area contributed by atoms with E-state index in [1.807, 2.05) is 72.8 Å². The SMILES string of the molecule is CC1=NN(c2ccccc2)C(=O)/C1=C(\[O-])c1ccccc1.CC1=NN(c2ccccc2)C(=O)/C1=C(\[O-])c1ccccc1.CC1=NN(c2ccccc2)C(=O)/C1=C(\[O-])c1ccccc1.[Fe+3]. The van der Waals surface area contributed by atoms with Gasteiger partial charge in [-0.3, -0.25) is 14.4 Å². The van der Waals surface area contributed by atoms with Crippen LogP contribution >= 0.6 is 0 Å². The Hall–Kier alpha value is -8.12. The average Bonchev–Trinajstić information content (AvgIpc) is 3.93. The fourth-order valence-corrected chi connectivity index (χ4v) is 6.74. The second-order valence-electron chi connectivity index (χ2n) is 14.1. The Balaban J connectivity index is 0.000000158. The number of anilines is 3. The maximum Gasteiger partial charge on any atom is 3.00 e. The molecule has 3 heterocycles. The molecule has 0 bridgehead atoms. The molecule has 0 fully saturated rings. The zero-order valence-corrected chi connectivity index (χ0v) is 35.9. The van der Waals surface area contributed by atoms with E-state index in [0.29, 0.717) is 50.9 Å². The van der Waals surface area contributed by atoms with Crippen molar-refractivity contribution in [1.82, 2.24) is 0 Å². The molecule has 0 spiro atoms. The zero-order valence-electron chi connectivity index (χ0n) is 34.8. The smallest absolute Gasteiger partial charge is 0.871 e. The van der Waals surface area contributed by atoms with Crippen molar-refractivity contribution in [2.75, 3.05) is 15.0 Å². The van der Waals surface area contributed by atoms with Gasteiger partial charge in [-0.25, -0.2) is 0 Å². The summed E-state index contributed by atoms with van der Waals surface area (Å²) >= 11 is 0. The Labute approximate surface area is 380 Å². The van der Waals surface area contributed by atoms with Crippen LogP contribution < -0.4 is 30.3 Å². The molecule has 3 aliphatic rings. The number of hydrogen-bond donors (Lipinski definition) is 0. The van der Waals surface area contributed by atoms with Crippen LogP contribution in [-0.4, -0.2) is 34.9 Å². The molecule has 6 aromatic carbocycles. The van der Waals surface area contributed by atoms with Gasteiger partial charge in [0.15, 0.2) is 0 Å². The van der Waals surface area contributed by atoms with E-state index in [1.54, 1.807) is 130 Å². The number of hydrazone groups is 3. The van der Waals surface area contributed by atoms with Crippen LogP contribution in [0.5, 0.6) is 0 Å². The number of rotatable bonds is 6. The first kappa shape index (κ1) is 45.4. The molecule has 0 aliphatic carbocycles. The summed E-state index contributed by atoms with van der Waals surface area (Å²) in [6, 6.07) is 53.5. The summed E-state index contributed by atoms with van der Waals surface area (Å²) in [6.45, 7) is 5.03. The Morgan fingerprint density at radius 2 is 0.531 bits per heavy atom. The van der Waals surface area contributed by atoms with E-state index >= 15 is 0 Å². The summed E-state index contributed by atoms with van der Waals surface area (Å²) in [6.07, 6.45) is 0. The Morgan fingerprint density at radius 3 is 0.734 bits per heavy atom. The van der Waals surface area contributed by atoms with Crippen LogP contribution in [0, 0.1) is 0 Å². The third-order valence-corrected chi connectivity index (χ3v) is 9.85. The number of benzene rings is 6. The van der Waals surface area contributed by atoms with Gasteiger partial charge in [0, 0.05) is 0 Å². The van der Waals surface area contributed by atoms with Gasteiger partial charge in [-0.1, -0.05) is 163 Å². The molecule has 0 saturated heterocycles. The van der Waals surface area contributed by atoms with Crippen molar-refractivity contribution in [2.24, 2.45) is 15.3 Å². The molecule has 0 atom stereocenters. The topological polar surface area (TPSA) is 167 Å². The van der Waals surface area contributed by atoms with E-state index in [4.69, 9.17) is 0 Å². The molecule has 1 radical (unpaired) electrons. The largest absolute Gasteiger partial charge is 3.00 e. The van der Waals surface area contributed by atoms with Crippen LogP contribution in [0.1, 0.15) is 37.5 Å². The first-order valence-corrected chi connectivity index (χ1v) is 19.8. The summed E-state index contributed by atoms with van der Waals surface area (Å²) < 4.78 is 0. The van der Waals surface area contributed by atoms with Crippen LogP contribution in [-0.2, 0) is 31.5 Å². The quantitative estimate of drug-likeness (QED) is 0.105. The molecular weight excluding hydrogens is 848 g/mol. The molecule has 9 rings (SSSR count). The predicted molar refractivity (Wildman–Crippen MR) is 241 cm³/mol. The molecule has 6 aromatic rings. The molecule has 3 aliphatic heterocycles. The zero-order chi connectivity index (χ0) is 44.5. The van der Waals surface area contributed by atoms with Crippen molar-refractivity contribution >= 4 is 69.2 Å². The third-order valence-electron chi connectivity index (χ3n) is 9.85. The first-order valence-electron chi connectivity index (χ1n) is 19.8. The second-order valence-corrected chi connectivity index (χ2v) is 14.1. The van der Waals surface area contributed by atoms with Crippen LogP contribution in [0.4, 0.5) is 17.1 Å². The summed E-state index contributed by atoms with van der Waals surface area (Å²) in [4.78, 5) is 37.5. The molecule has 0 unspecified atom stereocenters. The number of para-hydroxylation sites is 3. The number of carbonyl (C=O) groups excluding carboxylic acids is 3. The van der Waals surface area contributed by atoms with Crippen LogP contribution in [0.3, 0.4) is 0 Å². The van der Waals surface area contributed by atoms with Crippen LogP contribution in [0.15, 0.2) is 214 Å². The Kier molecular flexibility index (Phi) is 14.6. The van der Waals surface area contributed by atoms with Gasteiger partial charge < -0.3 is 15.3 Å². The molecule has 0 N–H and O–H groups in total. The van der Waals surface area contributed by atoms with Crippen molar-refractivity contribution in [3.05, 3.63) is 215 Å². The maximum atomic E-state index is 12.5. The number of carbonyl (C=O) groups is 3. The number of hydrogen-bond acceptors (Lipinski definition) is 9. The fourth-order valence-electron chi connectivity index (χ4n) is 6.74. The molecule has 3 amide bonds. The van der Waals surface area contributed by atoms with Gasteiger partial charge in [0.1, 0.15) is 0 Å². The Bertz CT molecular complexity index is 2520. The summed E-state index contributed by atoms with van der Waals surface area (Å²) in [5, 5.41) is 53.9. The van der Waals surface area contributed by atoms with E-state index in [2.05, 4.69) is 15.3 Å². The molecule has 0 aromatic heterocycles. The van der Waals surface area contributed by atoms with Gasteiger partial charge in [-0.2, -0.15) is 30.3 Å². The summed E-state index contributed by atoms with van der Waals surface area (Å²) in [5.41, 5.74) is 5.14. The second kappa shape index (κ2) is 20.6. The molecular formula is C51H39FeN6O6. The molecule has 64 heavy (non-hydrogen) atoms. The van der Waals surface area contributed by atoms with Gasteiger partial charge in [0.2, 0.25) is 0 Å². The van der Waals surface area contributed by atoms with Crippen LogP contribution in [0.2, 0.25) is 0 Å². The van der Waals surface area contributed by atoms with Crippen molar-refractivity contribution in [2.45, 2.75) is 20.8 Å². The Morgan fingerprint density at radius 1 is 0.344 bits per heavy atom. The minimum absolute atomic E-state index is 0. The van der Waals surface area contributed by atoms with Crippen molar-refractivity contribution < 1.29 is 46.8 Å². The molecule has 0 saturated carbocycles. The third kappa shape index (κ3) is 9.82. The van der Waals surface area contributed by atoms with Gasteiger partial charge in [-0.05, 0) is 73.9 Å². The number of amides is 3. The fraction of sp³-hybridized carbons (Fsp3) is 0.0588. The van der Waals surface area contributed by atoms with E-state index in [9.17, 15) is 29.7 Å². The summed E-state index contributed by atoms with van der Waals surface area (Å²) in [5.74, 6) is -2.02. The van der Waals surface area contributed by atoms with Crippen molar-refractivity contribution in [3.8, 4) is 0 Å². The molecule has 317 valence electrons. The molecule has 13 heteroatoms. The van der Waals surface area contributed by atoms with Crippen molar-refractivity contribution in [1.29, 1.82) is 0 Å². The van der Waals surface area contributed by atoms with E-state index in [1.165, 1.54) is 15.0 Å². The van der Waals surface area contributed by atoms with E-state index in [-0.39, 0.29) is 68.8 Å². The average molecular weight is 888 g/mol. The van der Waals surface area contributed by atoms with Gasteiger partial charge in [0.05, 0.1) is 50.9 Å². The normalized spacial score (nSPS) is 16.6. The minimum Gasteiger partial charge on any atom is -0.871 e. The summed E-state index contributed by atoms with van der Waals surface area (Å²) in [7, 11) is 0. The van der Waals surface area contributed by atoms with Gasteiger partial charge in [-0.15, -0.1) is 0 Å². The standard InChI is InChI=1S/3C17H14N2O2.Fe/c3*1-12-15(16(20)13-8-4-2-5-9-13)17(21)19(18-12)14-10-6-3-7-11-14;/h3*2-11,20H,1H3;/q;;;+3/p-3/b3*16-15-;. The first-order chi connectivity index (χ1) is 30.5. The van der Waals surface area contributed by atoms with E-state index in [0.717, 1.165) is 0 Å². The predicted octanol–water partition coefficient (Wildman–Crippen LogP) is 6.54. The maximum absolute atomic E-state index is 12.5. The van der Waals surface area contributed by atoms with E-state index < -0.39 is 0 Å².